The fourth-order valence-electron chi connectivity index (χ4n) is 1.98. The summed E-state index contributed by atoms with van der Waals surface area (Å²) in [6, 6.07) is 0. The second-order valence-electron chi connectivity index (χ2n) is 3.71. The minimum absolute atomic E-state index is 0.215. The molecule has 0 atom stereocenters. The average Bonchev–Trinajstić information content (AvgIpc) is 2.61. The van der Waals surface area contributed by atoms with Gasteiger partial charge in [0.25, 0.3) is 0 Å². The number of nitrogens with zero attached hydrogens (tertiary/aromatic N) is 3. The van der Waals surface area contributed by atoms with Crippen molar-refractivity contribution in [2.24, 2.45) is 0 Å². The van der Waals surface area contributed by atoms with Gasteiger partial charge >= 0.3 is 5.69 Å². The van der Waals surface area contributed by atoms with E-state index in [1.807, 2.05) is 0 Å². The monoisotopic (exact) mass is 205 g/mol. The van der Waals surface area contributed by atoms with Crippen LogP contribution in [0.4, 0.5) is 0 Å². The summed E-state index contributed by atoms with van der Waals surface area (Å²) >= 11 is 0. The van der Waals surface area contributed by atoms with Crippen LogP contribution in [0.3, 0.4) is 0 Å². The molecule has 0 unspecified atom stereocenters. The molecule has 0 fully saturated rings. The van der Waals surface area contributed by atoms with E-state index in [4.69, 9.17) is 0 Å². The number of hydrogen-bond acceptors (Lipinski definition) is 4. The average molecular weight is 205 g/mol. The first-order valence-corrected chi connectivity index (χ1v) is 4.94. The summed E-state index contributed by atoms with van der Waals surface area (Å²) < 4.78 is 1.35. The Morgan fingerprint density at radius 2 is 2.33 bits per heavy atom. The van der Waals surface area contributed by atoms with Gasteiger partial charge in [0.05, 0.1) is 0 Å². The van der Waals surface area contributed by atoms with Gasteiger partial charge in [-0.3, -0.25) is 0 Å². The van der Waals surface area contributed by atoms with Crippen molar-refractivity contribution in [2.75, 3.05) is 6.54 Å². The number of aromatic amines is 1. The normalized spacial score (nSPS) is 15.5. The minimum Gasteiger partial charge on any atom is -0.311 e. The highest BCUT2D eigenvalue weighted by molar-refractivity contribution is 5.49. The van der Waals surface area contributed by atoms with Crippen LogP contribution in [0, 0.1) is 6.92 Å². The zero-order valence-electron chi connectivity index (χ0n) is 8.37. The lowest BCUT2D eigenvalue weighted by molar-refractivity contribution is 0.617. The van der Waals surface area contributed by atoms with Crippen LogP contribution in [0.25, 0.3) is 5.65 Å². The Bertz CT molecular complexity index is 582. The van der Waals surface area contributed by atoms with Crippen LogP contribution < -0.4 is 11.0 Å². The van der Waals surface area contributed by atoms with E-state index in [-0.39, 0.29) is 5.69 Å². The van der Waals surface area contributed by atoms with Crippen LogP contribution in [0.1, 0.15) is 17.1 Å². The van der Waals surface area contributed by atoms with E-state index in [1.54, 1.807) is 6.92 Å². The largest absolute Gasteiger partial charge is 0.348 e. The highest BCUT2D eigenvalue weighted by Gasteiger charge is 2.16. The molecule has 0 amide bonds. The van der Waals surface area contributed by atoms with E-state index in [2.05, 4.69) is 20.4 Å². The van der Waals surface area contributed by atoms with Gasteiger partial charge in [-0.15, -0.1) is 5.10 Å². The molecule has 0 radical (unpaired) electrons. The third-order valence-corrected chi connectivity index (χ3v) is 2.65. The van der Waals surface area contributed by atoms with Crippen molar-refractivity contribution in [1.82, 2.24) is 24.9 Å². The second-order valence-corrected chi connectivity index (χ2v) is 3.71. The van der Waals surface area contributed by atoms with E-state index in [9.17, 15) is 4.79 Å². The molecule has 3 rings (SSSR count). The van der Waals surface area contributed by atoms with Gasteiger partial charge in [-0.05, 0) is 19.9 Å². The maximum atomic E-state index is 11.6. The lowest BCUT2D eigenvalue weighted by Crippen LogP contribution is -2.30. The Morgan fingerprint density at radius 3 is 3.20 bits per heavy atom. The number of H-pyrrole nitrogens is 1. The Labute approximate surface area is 85.3 Å². The minimum atomic E-state index is -0.215. The first-order chi connectivity index (χ1) is 7.25. The first-order valence-electron chi connectivity index (χ1n) is 4.94. The predicted octanol–water partition coefficient (Wildman–Crippen LogP) is -0.628. The first kappa shape index (κ1) is 8.60. The van der Waals surface area contributed by atoms with Gasteiger partial charge in [0.1, 0.15) is 5.82 Å². The number of fused-ring (bicyclic) bond motifs is 3. The molecule has 2 aromatic rings. The molecule has 2 N–H and O–H groups in total. The molecule has 1 aliphatic rings. The highest BCUT2D eigenvalue weighted by Crippen LogP contribution is 2.14. The SMILES string of the molecule is Cc1nc2c3c([nH]c(=O)n2n1)CNCC3. The molecule has 0 aromatic carbocycles. The van der Waals surface area contributed by atoms with Gasteiger partial charge in [-0.1, -0.05) is 0 Å². The topological polar surface area (TPSA) is 75.1 Å². The third kappa shape index (κ3) is 1.18. The summed E-state index contributed by atoms with van der Waals surface area (Å²) in [6.45, 7) is 3.41. The van der Waals surface area contributed by atoms with Crippen LogP contribution >= 0.6 is 0 Å². The fraction of sp³-hybridized carbons (Fsp3) is 0.444. The Kier molecular flexibility index (Phi) is 1.66. The van der Waals surface area contributed by atoms with Crippen molar-refractivity contribution < 1.29 is 0 Å². The zero-order chi connectivity index (χ0) is 10.4. The Balaban J connectivity index is 2.44. The second kappa shape index (κ2) is 2.90. The molecular weight excluding hydrogens is 194 g/mol. The summed E-state index contributed by atoms with van der Waals surface area (Å²) in [6.07, 6.45) is 0.883. The molecule has 0 bridgehead atoms. The predicted molar refractivity (Wildman–Crippen MR) is 53.8 cm³/mol. The number of nitrogens with one attached hydrogen (secondary N) is 2. The van der Waals surface area contributed by atoms with Crippen LogP contribution in [0.2, 0.25) is 0 Å². The number of aromatic nitrogens is 4. The van der Waals surface area contributed by atoms with E-state index in [0.717, 1.165) is 24.2 Å². The zero-order valence-corrected chi connectivity index (χ0v) is 8.37. The fourth-order valence-corrected chi connectivity index (χ4v) is 1.98. The number of hydrogen-bond donors (Lipinski definition) is 2. The van der Waals surface area contributed by atoms with Crippen molar-refractivity contribution in [1.29, 1.82) is 0 Å². The smallest absolute Gasteiger partial charge is 0.311 e. The summed E-state index contributed by atoms with van der Waals surface area (Å²) in [5, 5.41) is 7.27. The van der Waals surface area contributed by atoms with E-state index < -0.39 is 0 Å². The summed E-state index contributed by atoms with van der Waals surface area (Å²) in [4.78, 5) is 18.8. The van der Waals surface area contributed by atoms with Gasteiger partial charge in [-0.2, -0.15) is 4.52 Å². The summed E-state index contributed by atoms with van der Waals surface area (Å²) in [7, 11) is 0. The molecule has 15 heavy (non-hydrogen) atoms. The molecule has 0 aliphatic carbocycles. The van der Waals surface area contributed by atoms with E-state index in [1.165, 1.54) is 4.52 Å². The standard InChI is InChI=1S/C9H11N5O/c1-5-11-8-6-2-3-10-4-7(6)12-9(15)14(8)13-5/h10H,2-4H2,1H3,(H,12,15). The quantitative estimate of drug-likeness (QED) is 0.600. The maximum absolute atomic E-state index is 11.6. The van der Waals surface area contributed by atoms with Crippen molar-refractivity contribution in [2.45, 2.75) is 19.9 Å². The van der Waals surface area contributed by atoms with Crippen LogP contribution in [0.15, 0.2) is 4.79 Å². The van der Waals surface area contributed by atoms with Crippen molar-refractivity contribution >= 4 is 5.65 Å². The van der Waals surface area contributed by atoms with Gasteiger partial charge in [0.15, 0.2) is 5.65 Å². The van der Waals surface area contributed by atoms with Gasteiger partial charge in [0, 0.05) is 17.8 Å². The summed E-state index contributed by atoms with van der Waals surface area (Å²) in [5.74, 6) is 0.632. The molecule has 6 nitrogen and oxygen atoms in total. The summed E-state index contributed by atoms with van der Waals surface area (Å²) in [5.41, 5.74) is 2.53. The molecule has 78 valence electrons. The molecule has 0 saturated heterocycles. The third-order valence-electron chi connectivity index (χ3n) is 2.65. The van der Waals surface area contributed by atoms with Crippen LogP contribution in [-0.4, -0.2) is 26.1 Å². The lowest BCUT2D eigenvalue weighted by atomic mass is 10.1. The van der Waals surface area contributed by atoms with Gasteiger partial charge in [0.2, 0.25) is 0 Å². The molecule has 6 heteroatoms. The van der Waals surface area contributed by atoms with Gasteiger partial charge in [-0.25, -0.2) is 9.78 Å². The lowest BCUT2D eigenvalue weighted by Gasteiger charge is -2.16. The van der Waals surface area contributed by atoms with Gasteiger partial charge < -0.3 is 10.3 Å². The van der Waals surface area contributed by atoms with E-state index >= 15 is 0 Å². The number of aryl methyl sites for hydroxylation is 1. The molecule has 1 aliphatic heterocycles. The molecule has 0 saturated carbocycles. The Hall–Kier alpha value is -1.69. The van der Waals surface area contributed by atoms with Crippen LogP contribution in [-0.2, 0) is 13.0 Å². The molecule has 3 heterocycles. The van der Waals surface area contributed by atoms with E-state index in [0.29, 0.717) is 18.0 Å². The van der Waals surface area contributed by atoms with Crippen molar-refractivity contribution in [3.8, 4) is 0 Å². The van der Waals surface area contributed by atoms with Crippen molar-refractivity contribution in [3.05, 3.63) is 27.6 Å². The van der Waals surface area contributed by atoms with Crippen molar-refractivity contribution in [3.63, 3.8) is 0 Å². The highest BCUT2D eigenvalue weighted by atomic mass is 16.1. The maximum Gasteiger partial charge on any atom is 0.348 e. The number of rotatable bonds is 0. The molecule has 2 aromatic heterocycles. The Morgan fingerprint density at radius 1 is 1.47 bits per heavy atom. The van der Waals surface area contributed by atoms with Crippen LogP contribution in [0.5, 0.6) is 0 Å². The molecule has 0 spiro atoms. The molecular formula is C9H11N5O.